The largest absolute Gasteiger partial charge is 0.358 e. The van der Waals surface area contributed by atoms with Crippen molar-refractivity contribution in [1.82, 2.24) is 15.6 Å². The Morgan fingerprint density at radius 2 is 2.07 bits per heavy atom. The van der Waals surface area contributed by atoms with Gasteiger partial charge >= 0.3 is 0 Å². The van der Waals surface area contributed by atoms with E-state index >= 15 is 0 Å². The third-order valence-electron chi connectivity index (χ3n) is 4.25. The first kappa shape index (κ1) is 17.6. The molecule has 1 aromatic heterocycles. The summed E-state index contributed by atoms with van der Waals surface area (Å²) in [6.45, 7) is 0. The number of hydrazine groups is 1. The number of amides is 1. The van der Waals surface area contributed by atoms with Crippen LogP contribution in [0.2, 0.25) is 5.02 Å². The van der Waals surface area contributed by atoms with Crippen molar-refractivity contribution >= 4 is 45.5 Å². The number of nitrogens with two attached hydrogens (primary N) is 1. The number of H-pyrrole nitrogens is 1. The molecule has 0 radical (unpaired) electrons. The van der Waals surface area contributed by atoms with Gasteiger partial charge in [-0.1, -0.05) is 29.8 Å². The highest BCUT2D eigenvalue weighted by atomic mass is 35.5. The highest BCUT2D eigenvalue weighted by Gasteiger charge is 2.27. The summed E-state index contributed by atoms with van der Waals surface area (Å²) in [6.07, 6.45) is 2.82. The SMILES string of the molecule is NNC(=O)C1=CNc2c(cc([N+](=O)[O-])c3[nH]ncc23)C(c2ccccc2Cl)=N1. The molecule has 1 aliphatic heterocycles. The van der Waals surface area contributed by atoms with Crippen molar-refractivity contribution in [3.63, 3.8) is 0 Å². The van der Waals surface area contributed by atoms with Gasteiger partial charge in [0.25, 0.3) is 11.6 Å². The molecule has 0 saturated heterocycles. The summed E-state index contributed by atoms with van der Waals surface area (Å²) in [6, 6.07) is 8.22. The van der Waals surface area contributed by atoms with Crippen molar-refractivity contribution in [1.29, 1.82) is 0 Å². The zero-order chi connectivity index (χ0) is 19.8. The summed E-state index contributed by atoms with van der Waals surface area (Å²) >= 11 is 6.34. The zero-order valence-corrected chi connectivity index (χ0v) is 14.8. The van der Waals surface area contributed by atoms with Gasteiger partial charge in [0, 0.05) is 28.4 Å². The third-order valence-corrected chi connectivity index (χ3v) is 4.57. The van der Waals surface area contributed by atoms with Crippen LogP contribution < -0.4 is 16.6 Å². The summed E-state index contributed by atoms with van der Waals surface area (Å²) in [5, 5.41) is 22.0. The van der Waals surface area contributed by atoms with E-state index in [1.54, 1.807) is 24.3 Å². The molecule has 4 rings (SSSR count). The van der Waals surface area contributed by atoms with Crippen LogP contribution in [-0.4, -0.2) is 26.7 Å². The minimum absolute atomic E-state index is 0.0204. The summed E-state index contributed by atoms with van der Waals surface area (Å²) < 4.78 is 0. The number of nitrogens with one attached hydrogen (secondary N) is 3. The topological polar surface area (TPSA) is 151 Å². The molecule has 0 fully saturated rings. The van der Waals surface area contributed by atoms with E-state index in [4.69, 9.17) is 17.4 Å². The number of carbonyl (C=O) groups is 1. The number of nitro groups is 1. The molecular formula is C17H12ClN7O3. The number of rotatable bonds is 3. The predicted octanol–water partition coefficient (Wildman–Crippen LogP) is 2.22. The first-order valence-corrected chi connectivity index (χ1v) is 8.35. The smallest absolute Gasteiger partial charge is 0.295 e. The van der Waals surface area contributed by atoms with Gasteiger partial charge in [0.2, 0.25) is 0 Å². The number of nitro benzene ring substituents is 1. The van der Waals surface area contributed by atoms with Crippen LogP contribution in [0.25, 0.3) is 10.9 Å². The van der Waals surface area contributed by atoms with Gasteiger partial charge in [-0.25, -0.2) is 10.8 Å². The molecule has 28 heavy (non-hydrogen) atoms. The average Bonchev–Trinajstić information content (AvgIpc) is 3.10. The molecule has 0 aliphatic carbocycles. The van der Waals surface area contributed by atoms with Gasteiger partial charge in [-0.15, -0.1) is 0 Å². The third kappa shape index (κ3) is 2.76. The Balaban J connectivity index is 2.08. The Morgan fingerprint density at radius 1 is 1.29 bits per heavy atom. The molecule has 0 unspecified atom stereocenters. The molecule has 3 aromatic rings. The van der Waals surface area contributed by atoms with Crippen molar-refractivity contribution in [2.45, 2.75) is 0 Å². The fraction of sp³-hybridized carbons (Fsp3) is 0. The van der Waals surface area contributed by atoms with Crippen LogP contribution in [0.1, 0.15) is 11.1 Å². The van der Waals surface area contributed by atoms with Gasteiger partial charge in [0.05, 0.1) is 27.9 Å². The van der Waals surface area contributed by atoms with Crippen LogP contribution in [0.5, 0.6) is 0 Å². The van der Waals surface area contributed by atoms with Crippen molar-refractivity contribution in [2.75, 3.05) is 5.32 Å². The van der Waals surface area contributed by atoms with Crippen LogP contribution in [0.4, 0.5) is 11.4 Å². The van der Waals surface area contributed by atoms with Crippen molar-refractivity contribution in [3.05, 3.63) is 74.7 Å². The van der Waals surface area contributed by atoms with Crippen molar-refractivity contribution < 1.29 is 9.72 Å². The molecule has 10 nitrogen and oxygen atoms in total. The molecule has 1 amide bonds. The normalized spacial score (nSPS) is 13.1. The number of carbonyl (C=O) groups excluding carboxylic acids is 1. The Labute approximate surface area is 162 Å². The lowest BCUT2D eigenvalue weighted by atomic mass is 9.97. The van der Waals surface area contributed by atoms with E-state index in [9.17, 15) is 14.9 Å². The van der Waals surface area contributed by atoms with E-state index in [-0.39, 0.29) is 22.6 Å². The van der Waals surface area contributed by atoms with Crippen LogP contribution in [-0.2, 0) is 4.79 Å². The number of fused-ring (bicyclic) bond motifs is 3. The number of non-ortho nitro benzene ring substituents is 1. The van der Waals surface area contributed by atoms with Crippen LogP contribution in [0.3, 0.4) is 0 Å². The Bertz CT molecular complexity index is 1200. The van der Waals surface area contributed by atoms with E-state index in [1.165, 1.54) is 18.5 Å². The lowest BCUT2D eigenvalue weighted by molar-refractivity contribution is -0.383. The minimum atomic E-state index is -0.636. The Kier molecular flexibility index (Phi) is 4.26. The molecule has 2 aromatic carbocycles. The number of anilines is 1. The molecular weight excluding hydrogens is 386 g/mol. The number of aromatic nitrogens is 2. The molecule has 0 saturated carbocycles. The van der Waals surface area contributed by atoms with E-state index in [2.05, 4.69) is 20.5 Å². The van der Waals surface area contributed by atoms with Crippen molar-refractivity contribution in [2.24, 2.45) is 10.8 Å². The number of halogens is 1. The number of hydrogen-bond acceptors (Lipinski definition) is 7. The second-order valence-corrected chi connectivity index (χ2v) is 6.23. The first-order chi connectivity index (χ1) is 13.5. The minimum Gasteiger partial charge on any atom is -0.358 e. The number of aliphatic imine (C=N–C) groups is 1. The lowest BCUT2D eigenvalue weighted by Crippen LogP contribution is -2.31. The van der Waals surface area contributed by atoms with Crippen LogP contribution in [0.15, 0.2) is 53.4 Å². The number of aromatic amines is 1. The first-order valence-electron chi connectivity index (χ1n) is 7.97. The maximum atomic E-state index is 12.1. The summed E-state index contributed by atoms with van der Waals surface area (Å²) in [7, 11) is 0. The number of hydrogen-bond donors (Lipinski definition) is 4. The highest BCUT2D eigenvalue weighted by molar-refractivity contribution is 6.36. The molecule has 0 spiro atoms. The molecule has 140 valence electrons. The summed E-state index contributed by atoms with van der Waals surface area (Å²) in [5.41, 5.74) is 3.74. The fourth-order valence-electron chi connectivity index (χ4n) is 2.99. The van der Waals surface area contributed by atoms with E-state index in [0.717, 1.165) is 0 Å². The van der Waals surface area contributed by atoms with Gasteiger partial charge in [-0.2, -0.15) is 5.10 Å². The quantitative estimate of drug-likeness (QED) is 0.230. The van der Waals surface area contributed by atoms with E-state index < -0.39 is 10.8 Å². The van der Waals surface area contributed by atoms with Crippen LogP contribution in [0, 0.1) is 10.1 Å². The Hall–Kier alpha value is -3.76. The molecule has 0 bridgehead atoms. The highest BCUT2D eigenvalue weighted by Crippen LogP contribution is 2.37. The molecule has 1 aliphatic rings. The lowest BCUT2D eigenvalue weighted by Gasteiger charge is -2.12. The second kappa shape index (κ2) is 6.76. The zero-order valence-electron chi connectivity index (χ0n) is 14.1. The van der Waals surface area contributed by atoms with Gasteiger partial charge in [-0.3, -0.25) is 25.4 Å². The molecule has 2 heterocycles. The summed E-state index contributed by atoms with van der Waals surface area (Å²) in [5.74, 6) is 4.61. The average molecular weight is 398 g/mol. The number of benzene rings is 2. The monoisotopic (exact) mass is 397 g/mol. The van der Waals surface area contributed by atoms with Gasteiger partial charge in [0.15, 0.2) is 0 Å². The maximum Gasteiger partial charge on any atom is 0.295 e. The van der Waals surface area contributed by atoms with E-state index in [0.29, 0.717) is 27.2 Å². The number of nitrogens with zero attached hydrogens (tertiary/aromatic N) is 3. The standard InChI is InChI=1S/C17H12ClN7O3/c18-11-4-2-1-3-8(11)15-9-5-13(25(27)28)16-10(6-21-24-16)14(9)20-7-12(22-15)17(26)23-19/h1-7,20H,19H2,(H,21,24)(H,23,26). The second-order valence-electron chi connectivity index (χ2n) is 5.82. The Morgan fingerprint density at radius 3 is 2.79 bits per heavy atom. The van der Waals surface area contributed by atoms with Gasteiger partial charge < -0.3 is 5.32 Å². The molecule has 11 heteroatoms. The maximum absolute atomic E-state index is 12.1. The van der Waals surface area contributed by atoms with Gasteiger partial charge in [-0.05, 0) is 6.07 Å². The molecule has 0 atom stereocenters. The van der Waals surface area contributed by atoms with E-state index in [1.807, 2.05) is 5.43 Å². The fourth-order valence-corrected chi connectivity index (χ4v) is 3.21. The van der Waals surface area contributed by atoms with Crippen LogP contribution >= 0.6 is 11.6 Å². The summed E-state index contributed by atoms with van der Waals surface area (Å²) in [4.78, 5) is 27.6. The van der Waals surface area contributed by atoms with Crippen molar-refractivity contribution in [3.8, 4) is 0 Å². The molecule has 5 N–H and O–H groups in total. The predicted molar refractivity (Wildman–Crippen MR) is 104 cm³/mol. The van der Waals surface area contributed by atoms with Gasteiger partial charge in [0.1, 0.15) is 11.2 Å².